The molecule has 360 valence electrons. The van der Waals surface area contributed by atoms with Crippen molar-refractivity contribution in [2.45, 2.75) is 11.2 Å². The number of ketones is 2. The van der Waals surface area contributed by atoms with Gasteiger partial charge in [0.2, 0.25) is 0 Å². The van der Waals surface area contributed by atoms with E-state index >= 15 is 0 Å². The third kappa shape index (κ3) is 19.1. The molecule has 0 amide bonds. The maximum atomic E-state index is 12.4. The lowest BCUT2D eigenvalue weighted by molar-refractivity contribution is 0.0984. The zero-order valence-corrected chi connectivity index (χ0v) is 46.3. The van der Waals surface area contributed by atoms with E-state index in [1.54, 1.807) is 103 Å². The molecule has 0 fully saturated rings. The van der Waals surface area contributed by atoms with E-state index in [-0.39, 0.29) is 26.9 Å². The monoisotopic (exact) mass is 1190 g/mol. The van der Waals surface area contributed by atoms with Crippen LogP contribution in [0.3, 0.4) is 0 Å². The molecular weight excluding hydrogens is 1140 g/mol. The Morgan fingerprint density at radius 3 is 1.29 bits per heavy atom. The number of halogens is 3. The molecule has 0 aliphatic heterocycles. The predicted molar refractivity (Wildman–Crippen MR) is 297 cm³/mol. The summed E-state index contributed by atoms with van der Waals surface area (Å²) in [7, 11) is 9.77. The van der Waals surface area contributed by atoms with E-state index in [1.807, 2.05) is 97.1 Å². The van der Waals surface area contributed by atoms with Crippen LogP contribution in [0.5, 0.6) is 34.5 Å². The van der Waals surface area contributed by atoms with Crippen LogP contribution in [-0.2, 0) is 19.0 Å². The first-order valence-corrected chi connectivity index (χ1v) is 26.4. The summed E-state index contributed by atoms with van der Waals surface area (Å²) < 4.78 is 31.6. The zero-order valence-electron chi connectivity index (χ0n) is 38.3. The fourth-order valence-corrected chi connectivity index (χ4v) is 7.65. The standard InChI is InChI=1S/C17H15NO2S2.C16H15BrO3.C16H16O3.CH3NS2.Br2.H3N/c1-19-13-7-3-11(4-8-13)15-16(22-17(21)18-15)12-5-9-14(20-2)10-6-12;1-19-13-7-3-11(4-8-13)15(17)16(18)12-5-9-14(20-2)10-6-12;1-18-14-7-3-12(4-8-14)11-16(17)13-5-9-15(19-2)10-6-13;2-1(3)4;1-2;/h3-10H,1-2H3,(H,18,21);3-10,15H,1-2H3;3-10H,11H2,1-2H3;(H3,2,3,4);;1H3. The van der Waals surface area contributed by atoms with Crippen LogP contribution < -0.4 is 40.3 Å². The quantitative estimate of drug-likeness (QED) is 0.0409. The number of ether oxygens (including phenoxy) is 6. The molecule has 0 aliphatic rings. The molecule has 0 spiro atoms. The van der Waals surface area contributed by atoms with E-state index in [0.29, 0.717) is 17.5 Å². The summed E-state index contributed by atoms with van der Waals surface area (Å²) in [4.78, 5) is 28.5. The molecule has 1 heterocycles. The van der Waals surface area contributed by atoms with Crippen LogP contribution in [0.2, 0.25) is 0 Å². The van der Waals surface area contributed by atoms with Gasteiger partial charge in [-0.25, -0.2) is 0 Å². The van der Waals surface area contributed by atoms with Gasteiger partial charge in [0.05, 0.1) is 53.2 Å². The molecule has 68 heavy (non-hydrogen) atoms. The number of nitrogens with one attached hydrogen (secondary N) is 1. The molecule has 7 aromatic rings. The average Bonchev–Trinajstić information content (AvgIpc) is 3.78. The fraction of sp³-hybridized carbons (Fsp3) is 0.160. The molecule has 7 N–H and O–H groups in total. The molecule has 1 aromatic heterocycles. The van der Waals surface area contributed by atoms with Gasteiger partial charge in [0.15, 0.2) is 15.5 Å². The second-order valence-electron chi connectivity index (χ2n) is 13.4. The van der Waals surface area contributed by atoms with Gasteiger partial charge < -0.3 is 70.1 Å². The Kier molecular flexibility index (Phi) is 27.6. The molecule has 0 saturated heterocycles. The van der Waals surface area contributed by atoms with E-state index in [4.69, 9.17) is 40.6 Å². The second kappa shape index (κ2) is 31.8. The van der Waals surface area contributed by atoms with Gasteiger partial charge in [-0.2, -0.15) is 0 Å². The minimum atomic E-state index is -0.373. The number of aromatic amines is 1. The summed E-state index contributed by atoms with van der Waals surface area (Å²) in [6.07, 6.45) is 0.385. The number of alkyl halides is 1. The van der Waals surface area contributed by atoms with Crippen molar-refractivity contribution in [2.75, 3.05) is 42.7 Å². The molecule has 0 bridgehead atoms. The molecule has 7 rings (SSSR count). The van der Waals surface area contributed by atoms with E-state index in [2.05, 4.69) is 79.7 Å². The number of hydrogen-bond donors (Lipinski definition) is 3. The number of Topliss-reactive ketones (excluding diaryl/α,β-unsaturated/α-hetero) is 2. The Hall–Kier alpha value is -5.18. The Labute approximate surface area is 441 Å². The SMILES string of the molecule is BrBr.COc1ccc(-c2[nH]c(=S)sc2-c2ccc(OC)cc2)cc1.COc1ccc(C(=O)C(Br)c2ccc(OC)cc2)cc1.COc1ccc(CC(=O)c2ccc(OC)cc2)cc1.NC(=S)[S-].[NH4+]. The number of carbonyl (C=O) groups is 2. The number of quaternary nitrogens is 1. The van der Waals surface area contributed by atoms with E-state index in [9.17, 15) is 9.59 Å². The number of benzene rings is 6. The summed E-state index contributed by atoms with van der Waals surface area (Å²) in [6.45, 7) is 0. The summed E-state index contributed by atoms with van der Waals surface area (Å²) >= 11 is 24.1. The van der Waals surface area contributed by atoms with Crippen molar-refractivity contribution in [3.63, 3.8) is 0 Å². The lowest BCUT2D eigenvalue weighted by atomic mass is 10.0. The molecule has 1 unspecified atom stereocenters. The van der Waals surface area contributed by atoms with Crippen molar-refractivity contribution in [1.82, 2.24) is 11.1 Å². The summed E-state index contributed by atoms with van der Waals surface area (Å²) in [6, 6.07) is 45.1. The van der Waals surface area contributed by atoms with Crippen LogP contribution in [0, 0.1) is 3.95 Å². The number of hydrogen-bond acceptors (Lipinski definition) is 12. The summed E-state index contributed by atoms with van der Waals surface area (Å²) in [5.41, 5.74) is 11.1. The van der Waals surface area contributed by atoms with Gasteiger partial charge in [-0.1, -0.05) is 44.5 Å². The third-order valence-corrected chi connectivity index (χ3v) is 11.6. The van der Waals surface area contributed by atoms with Crippen LogP contribution in [-0.4, -0.2) is 63.5 Å². The number of carbonyl (C=O) groups excluding carboxylic acids is 2. The van der Waals surface area contributed by atoms with Gasteiger partial charge >= 0.3 is 0 Å². The molecule has 18 heteroatoms. The number of methoxy groups -OCH3 is 6. The first kappa shape index (κ1) is 58.9. The lowest BCUT2D eigenvalue weighted by Crippen LogP contribution is -2.07. The molecular formula is C50H52Br3N3O8S4. The minimum absolute atomic E-state index is 0. The predicted octanol–water partition coefficient (Wildman–Crippen LogP) is 14.2. The number of H-pyrrole nitrogens is 1. The van der Waals surface area contributed by atoms with Gasteiger partial charge in [-0.15, -0.1) is 11.3 Å². The normalized spacial score (nSPS) is 10.1. The average molecular weight is 1190 g/mol. The van der Waals surface area contributed by atoms with Crippen molar-refractivity contribution in [3.05, 3.63) is 172 Å². The Bertz CT molecular complexity index is 2560. The Morgan fingerprint density at radius 1 is 0.588 bits per heavy atom. The highest BCUT2D eigenvalue weighted by Crippen LogP contribution is 2.37. The third-order valence-electron chi connectivity index (χ3n) is 9.33. The van der Waals surface area contributed by atoms with Crippen molar-refractivity contribution in [2.24, 2.45) is 5.73 Å². The molecule has 0 radical (unpaired) electrons. The number of aromatic nitrogens is 1. The zero-order chi connectivity index (χ0) is 49.3. The summed E-state index contributed by atoms with van der Waals surface area (Å²) in [5, 5.41) is 0. The smallest absolute Gasteiger partial charge is 0.180 e. The fourth-order valence-electron chi connectivity index (χ4n) is 5.87. The van der Waals surface area contributed by atoms with Gasteiger partial charge in [-0.05, 0) is 156 Å². The van der Waals surface area contributed by atoms with Crippen LogP contribution in [0.15, 0.2) is 146 Å². The van der Waals surface area contributed by atoms with Crippen LogP contribution >= 0.6 is 80.0 Å². The van der Waals surface area contributed by atoms with Crippen molar-refractivity contribution >= 4 is 108 Å². The molecule has 11 nitrogen and oxygen atoms in total. The highest BCUT2D eigenvalue weighted by Gasteiger charge is 2.19. The minimum Gasteiger partial charge on any atom is -0.497 e. The second-order valence-corrected chi connectivity index (χ2v) is 17.1. The summed E-state index contributed by atoms with van der Waals surface area (Å²) in [5.74, 6) is 4.83. The first-order chi connectivity index (χ1) is 32.3. The maximum absolute atomic E-state index is 12.4. The van der Waals surface area contributed by atoms with E-state index in [1.165, 1.54) is 0 Å². The van der Waals surface area contributed by atoms with Gasteiger partial charge in [0.25, 0.3) is 0 Å². The van der Waals surface area contributed by atoms with Gasteiger partial charge in [0, 0.05) is 45.8 Å². The number of nitrogens with two attached hydrogens (primary N) is 1. The van der Waals surface area contributed by atoms with Crippen LogP contribution in [0.4, 0.5) is 0 Å². The van der Waals surface area contributed by atoms with E-state index in [0.717, 1.165) is 71.3 Å². The van der Waals surface area contributed by atoms with Crippen molar-refractivity contribution in [1.29, 1.82) is 0 Å². The Balaban J connectivity index is 0.000000329. The first-order valence-electron chi connectivity index (χ1n) is 19.7. The number of thiazole rings is 1. The highest BCUT2D eigenvalue weighted by atomic mass is 80.9. The number of rotatable bonds is 14. The largest absolute Gasteiger partial charge is 0.497 e. The molecule has 1 atom stereocenters. The molecule has 6 aromatic carbocycles. The van der Waals surface area contributed by atoms with Crippen LogP contribution in [0.25, 0.3) is 21.7 Å². The van der Waals surface area contributed by atoms with Crippen molar-refractivity contribution < 1.29 is 38.0 Å². The molecule has 0 aliphatic carbocycles. The topological polar surface area (TPSA) is 168 Å². The molecule has 0 saturated carbocycles. The number of thiocarbonyl (C=S) groups is 1. The van der Waals surface area contributed by atoms with Gasteiger partial charge in [0.1, 0.15) is 39.3 Å². The Morgan fingerprint density at radius 2 is 0.912 bits per heavy atom. The van der Waals surface area contributed by atoms with Crippen molar-refractivity contribution in [3.8, 4) is 56.2 Å². The highest BCUT2D eigenvalue weighted by molar-refractivity contribution is 9.93. The maximum Gasteiger partial charge on any atom is 0.180 e. The van der Waals surface area contributed by atoms with Gasteiger partial charge in [-0.3, -0.25) is 9.59 Å². The lowest BCUT2D eigenvalue weighted by Gasteiger charge is -2.10. The van der Waals surface area contributed by atoms with E-state index < -0.39 is 0 Å². The van der Waals surface area contributed by atoms with Crippen LogP contribution in [0.1, 0.15) is 36.7 Å².